The molecule has 1 aliphatic heterocycles. The molecule has 0 saturated heterocycles. The lowest BCUT2D eigenvalue weighted by Gasteiger charge is -2.23. The molecule has 126 valence electrons. The first-order chi connectivity index (χ1) is 12.2. The second-order valence-electron chi connectivity index (χ2n) is 7.62. The van der Waals surface area contributed by atoms with Crippen LogP contribution in [-0.4, -0.2) is 23.1 Å². The topological polar surface area (TPSA) is 8.17 Å². The SMILES string of the molecule is Cc1ccc2c(c1)c1c(n2C=C2CCc3ccccc32)CCN(C)C1. The maximum absolute atomic E-state index is 2.49. The molecule has 0 saturated carbocycles. The average Bonchev–Trinajstić information content (AvgIpc) is 3.15. The fourth-order valence-electron chi connectivity index (χ4n) is 4.53. The van der Waals surface area contributed by atoms with Crippen molar-refractivity contribution in [1.29, 1.82) is 0 Å². The van der Waals surface area contributed by atoms with Crippen molar-refractivity contribution in [3.05, 3.63) is 70.4 Å². The summed E-state index contributed by atoms with van der Waals surface area (Å²) in [6.07, 6.45) is 5.88. The van der Waals surface area contributed by atoms with Gasteiger partial charge in [0, 0.05) is 36.8 Å². The first-order valence-corrected chi connectivity index (χ1v) is 9.30. The summed E-state index contributed by atoms with van der Waals surface area (Å²) in [5.74, 6) is 0. The maximum Gasteiger partial charge on any atom is 0.0529 e. The summed E-state index contributed by atoms with van der Waals surface area (Å²) in [5.41, 5.74) is 10.2. The number of fused-ring (bicyclic) bond motifs is 4. The van der Waals surface area contributed by atoms with E-state index in [1.807, 2.05) is 0 Å². The predicted molar refractivity (Wildman–Crippen MR) is 106 cm³/mol. The van der Waals surface area contributed by atoms with Crippen LogP contribution in [-0.2, 0) is 19.4 Å². The molecule has 0 radical (unpaired) electrons. The Morgan fingerprint density at radius 3 is 2.80 bits per heavy atom. The standard InChI is InChI=1S/C23H24N2/c1-16-7-10-22-20(13-16)21-15-24(2)12-11-23(21)25(22)14-18-9-8-17-5-3-4-6-19(17)18/h3-7,10,13-14H,8-9,11-12,15H2,1-2H3. The molecule has 3 aromatic rings. The van der Waals surface area contributed by atoms with Gasteiger partial charge in [0.25, 0.3) is 0 Å². The van der Waals surface area contributed by atoms with Crippen molar-refractivity contribution >= 4 is 22.7 Å². The highest BCUT2D eigenvalue weighted by Crippen LogP contribution is 2.36. The largest absolute Gasteiger partial charge is 0.320 e. The summed E-state index contributed by atoms with van der Waals surface area (Å²) < 4.78 is 2.49. The predicted octanol–water partition coefficient (Wildman–Crippen LogP) is 4.88. The van der Waals surface area contributed by atoms with Gasteiger partial charge >= 0.3 is 0 Å². The Bertz CT molecular complexity index is 1010. The number of hydrogen-bond donors (Lipinski definition) is 0. The minimum atomic E-state index is 1.06. The molecule has 0 fully saturated rings. The van der Waals surface area contributed by atoms with Crippen molar-refractivity contribution in [3.8, 4) is 0 Å². The second-order valence-corrected chi connectivity index (χ2v) is 7.62. The molecule has 2 heterocycles. The zero-order valence-electron chi connectivity index (χ0n) is 15.0. The highest BCUT2D eigenvalue weighted by molar-refractivity contribution is 5.91. The summed E-state index contributed by atoms with van der Waals surface area (Å²) in [7, 11) is 2.23. The van der Waals surface area contributed by atoms with Crippen LogP contribution in [0.5, 0.6) is 0 Å². The Hall–Kier alpha value is -2.32. The summed E-state index contributed by atoms with van der Waals surface area (Å²) in [4.78, 5) is 2.44. The third-order valence-corrected chi connectivity index (χ3v) is 5.85. The zero-order chi connectivity index (χ0) is 17.0. The van der Waals surface area contributed by atoms with Crippen LogP contribution in [0.1, 0.15) is 34.4 Å². The van der Waals surface area contributed by atoms with Crippen molar-refractivity contribution < 1.29 is 0 Å². The van der Waals surface area contributed by atoms with Gasteiger partial charge in [-0.05, 0) is 61.2 Å². The zero-order valence-corrected chi connectivity index (χ0v) is 15.0. The van der Waals surface area contributed by atoms with Crippen molar-refractivity contribution in [3.63, 3.8) is 0 Å². The fourth-order valence-corrected chi connectivity index (χ4v) is 4.53. The van der Waals surface area contributed by atoms with Crippen LogP contribution in [0.25, 0.3) is 22.7 Å². The molecule has 2 heteroatoms. The Morgan fingerprint density at radius 1 is 1.00 bits per heavy atom. The molecule has 0 bridgehead atoms. The summed E-state index contributed by atoms with van der Waals surface area (Å²) in [5, 5.41) is 1.43. The Morgan fingerprint density at radius 2 is 1.88 bits per heavy atom. The van der Waals surface area contributed by atoms with Crippen molar-refractivity contribution in [1.82, 2.24) is 9.47 Å². The van der Waals surface area contributed by atoms with Gasteiger partial charge in [-0.2, -0.15) is 0 Å². The van der Waals surface area contributed by atoms with Gasteiger partial charge in [-0.1, -0.05) is 35.9 Å². The number of rotatable bonds is 1. The molecule has 2 aromatic carbocycles. The van der Waals surface area contributed by atoms with Crippen LogP contribution < -0.4 is 0 Å². The highest BCUT2D eigenvalue weighted by atomic mass is 15.1. The van der Waals surface area contributed by atoms with Gasteiger partial charge in [0.15, 0.2) is 0 Å². The van der Waals surface area contributed by atoms with E-state index in [0.29, 0.717) is 0 Å². The third kappa shape index (κ3) is 2.36. The minimum absolute atomic E-state index is 1.06. The van der Waals surface area contributed by atoms with E-state index in [1.54, 1.807) is 0 Å². The molecule has 25 heavy (non-hydrogen) atoms. The van der Waals surface area contributed by atoms with Gasteiger partial charge in [-0.25, -0.2) is 0 Å². The van der Waals surface area contributed by atoms with Crippen LogP contribution in [0.2, 0.25) is 0 Å². The molecule has 0 atom stereocenters. The van der Waals surface area contributed by atoms with Crippen molar-refractivity contribution in [2.45, 2.75) is 32.7 Å². The quantitative estimate of drug-likeness (QED) is 0.618. The Labute approximate surface area is 149 Å². The van der Waals surface area contributed by atoms with Crippen molar-refractivity contribution in [2.75, 3.05) is 13.6 Å². The minimum Gasteiger partial charge on any atom is -0.320 e. The van der Waals surface area contributed by atoms with E-state index in [1.165, 1.54) is 50.8 Å². The molecule has 0 spiro atoms. The van der Waals surface area contributed by atoms with Crippen LogP contribution in [0.4, 0.5) is 0 Å². The van der Waals surface area contributed by atoms with E-state index in [4.69, 9.17) is 0 Å². The van der Waals surface area contributed by atoms with E-state index < -0.39 is 0 Å². The summed E-state index contributed by atoms with van der Waals surface area (Å²) >= 11 is 0. The van der Waals surface area contributed by atoms with E-state index in [2.05, 4.69) is 72.1 Å². The van der Waals surface area contributed by atoms with E-state index in [0.717, 1.165) is 25.9 Å². The Kier molecular flexibility index (Phi) is 3.36. The van der Waals surface area contributed by atoms with Crippen LogP contribution in [0, 0.1) is 6.92 Å². The van der Waals surface area contributed by atoms with Gasteiger partial charge in [0.05, 0.1) is 5.52 Å². The monoisotopic (exact) mass is 328 g/mol. The highest BCUT2D eigenvalue weighted by Gasteiger charge is 2.23. The first kappa shape index (κ1) is 15.0. The van der Waals surface area contributed by atoms with E-state index >= 15 is 0 Å². The number of likely N-dealkylation sites (N-methyl/N-ethyl adjacent to an activating group) is 1. The van der Waals surface area contributed by atoms with E-state index in [9.17, 15) is 0 Å². The Balaban J connectivity index is 1.74. The van der Waals surface area contributed by atoms with Crippen molar-refractivity contribution in [2.24, 2.45) is 0 Å². The third-order valence-electron chi connectivity index (χ3n) is 5.85. The molecular formula is C23H24N2. The van der Waals surface area contributed by atoms with Gasteiger partial charge in [0.2, 0.25) is 0 Å². The number of allylic oxidation sites excluding steroid dienone is 1. The van der Waals surface area contributed by atoms with E-state index in [-0.39, 0.29) is 0 Å². The summed E-state index contributed by atoms with van der Waals surface area (Å²) in [6.45, 7) is 4.39. The second kappa shape index (κ2) is 5.60. The lowest BCUT2D eigenvalue weighted by Crippen LogP contribution is -2.26. The molecule has 2 nitrogen and oxygen atoms in total. The molecule has 2 aliphatic rings. The molecule has 0 N–H and O–H groups in total. The van der Waals surface area contributed by atoms with Gasteiger partial charge < -0.3 is 9.47 Å². The maximum atomic E-state index is 2.49. The smallest absolute Gasteiger partial charge is 0.0529 e. The average molecular weight is 328 g/mol. The van der Waals surface area contributed by atoms with Crippen LogP contribution >= 0.6 is 0 Å². The number of benzene rings is 2. The van der Waals surface area contributed by atoms with Crippen LogP contribution in [0.3, 0.4) is 0 Å². The lowest BCUT2D eigenvalue weighted by atomic mass is 10.0. The fraction of sp³-hybridized carbons (Fsp3) is 0.304. The summed E-state index contributed by atoms with van der Waals surface area (Å²) in [6, 6.07) is 15.8. The molecule has 5 rings (SSSR count). The number of nitrogens with zero attached hydrogens (tertiary/aromatic N) is 2. The van der Waals surface area contributed by atoms with Gasteiger partial charge in [-0.3, -0.25) is 0 Å². The molecule has 0 amide bonds. The lowest BCUT2D eigenvalue weighted by molar-refractivity contribution is 0.312. The number of aryl methyl sites for hydroxylation is 2. The molecule has 1 aromatic heterocycles. The molecule has 1 aliphatic carbocycles. The normalized spacial score (nSPS) is 18.7. The molecular weight excluding hydrogens is 304 g/mol. The van der Waals surface area contributed by atoms with Gasteiger partial charge in [-0.15, -0.1) is 0 Å². The first-order valence-electron chi connectivity index (χ1n) is 9.30. The number of hydrogen-bond acceptors (Lipinski definition) is 1. The molecule has 0 unspecified atom stereocenters. The van der Waals surface area contributed by atoms with Crippen LogP contribution in [0.15, 0.2) is 42.5 Å². The van der Waals surface area contributed by atoms with Gasteiger partial charge in [0.1, 0.15) is 0 Å². The number of aromatic nitrogens is 1.